The predicted molar refractivity (Wildman–Crippen MR) is 108 cm³/mol. The van der Waals surface area contributed by atoms with Gasteiger partial charge in [0.25, 0.3) is 0 Å². The second-order valence-corrected chi connectivity index (χ2v) is 8.61. The number of pyridine rings is 2. The third-order valence-corrected chi connectivity index (χ3v) is 5.84. The van der Waals surface area contributed by atoms with Gasteiger partial charge < -0.3 is 4.74 Å². The van der Waals surface area contributed by atoms with Gasteiger partial charge in [-0.1, -0.05) is 30.6 Å². The monoisotopic (exact) mass is 410 g/mol. The summed E-state index contributed by atoms with van der Waals surface area (Å²) in [5, 5.41) is 5.40. The van der Waals surface area contributed by atoms with Gasteiger partial charge in [0.15, 0.2) is 0 Å². The largest absolute Gasteiger partial charge is 0.474 e. The molecule has 4 atom stereocenters. The van der Waals surface area contributed by atoms with E-state index < -0.39 is 16.1 Å². The van der Waals surface area contributed by atoms with E-state index in [1.54, 1.807) is 25.4 Å². The van der Waals surface area contributed by atoms with Gasteiger partial charge in [-0.05, 0) is 49.2 Å². The van der Waals surface area contributed by atoms with Crippen LogP contribution in [-0.4, -0.2) is 25.5 Å². The summed E-state index contributed by atoms with van der Waals surface area (Å²) in [4.78, 5) is 11.5. The summed E-state index contributed by atoms with van der Waals surface area (Å²) >= 11 is 6.09. The number of hydrogen-bond donors (Lipinski definition) is 2. The van der Waals surface area contributed by atoms with Crippen molar-refractivity contribution in [2.75, 3.05) is 0 Å². The summed E-state index contributed by atoms with van der Waals surface area (Å²) < 4.78 is 24.6. The summed E-state index contributed by atoms with van der Waals surface area (Å²) in [6.07, 6.45) is 3.98. The Morgan fingerprint density at radius 2 is 2.11 bits per heavy atom. The summed E-state index contributed by atoms with van der Waals surface area (Å²) in [6.45, 7) is 7.37. The zero-order valence-electron chi connectivity index (χ0n) is 15.7. The summed E-state index contributed by atoms with van der Waals surface area (Å²) in [5.74, 6) is 0.372. The molecule has 2 unspecified atom stereocenters. The summed E-state index contributed by atoms with van der Waals surface area (Å²) in [6, 6.07) is 1.70. The molecule has 8 nitrogen and oxygen atoms in total. The molecule has 0 aliphatic heterocycles. The molecular weight excluding hydrogens is 388 g/mol. The molecule has 0 saturated heterocycles. The fourth-order valence-electron chi connectivity index (χ4n) is 2.84. The second-order valence-electron chi connectivity index (χ2n) is 6.69. The van der Waals surface area contributed by atoms with Crippen LogP contribution in [0.25, 0.3) is 21.2 Å². The van der Waals surface area contributed by atoms with Crippen LogP contribution < -0.4 is 4.74 Å². The van der Waals surface area contributed by atoms with E-state index in [2.05, 4.69) is 20.0 Å². The number of rotatable bonds is 8. The molecular formula is C17H23ClN6O2S. The highest BCUT2D eigenvalue weighted by Gasteiger charge is 2.27. The molecule has 2 heterocycles. The van der Waals surface area contributed by atoms with Crippen molar-refractivity contribution in [1.82, 2.24) is 9.97 Å². The fourth-order valence-corrected chi connectivity index (χ4v) is 3.48. The Bertz CT molecular complexity index is 952. The van der Waals surface area contributed by atoms with Crippen LogP contribution in [0.3, 0.4) is 0 Å². The first-order valence-electron chi connectivity index (χ1n) is 8.57. The number of aromatic nitrogens is 2. The first-order valence-corrected chi connectivity index (χ1v) is 10.3. The van der Waals surface area contributed by atoms with Gasteiger partial charge in [0.2, 0.25) is 5.88 Å². The van der Waals surface area contributed by atoms with Gasteiger partial charge >= 0.3 is 0 Å². The highest BCUT2D eigenvalue weighted by molar-refractivity contribution is 7.74. The molecule has 1 N–H and O–H groups in total. The van der Waals surface area contributed by atoms with Crippen molar-refractivity contribution in [1.29, 1.82) is 4.78 Å². The minimum Gasteiger partial charge on any atom is -0.474 e. The highest BCUT2D eigenvalue weighted by atomic mass is 35.5. The van der Waals surface area contributed by atoms with Crippen molar-refractivity contribution in [2.45, 2.75) is 57.4 Å². The summed E-state index contributed by atoms with van der Waals surface area (Å²) in [5.41, 5.74) is 8.91. The number of nitrogens with one attached hydrogen (secondary N) is 1. The molecule has 0 radical (unpaired) electrons. The number of thiol groups is 1. The molecule has 0 spiro atoms. The van der Waals surface area contributed by atoms with Crippen LogP contribution in [0, 0.1) is 4.78 Å². The molecule has 0 aliphatic carbocycles. The average Bonchev–Trinajstić information content (AvgIpc) is 2.61. The van der Waals surface area contributed by atoms with Crippen LogP contribution in [-0.2, 0) is 16.1 Å². The molecule has 0 aliphatic rings. The van der Waals surface area contributed by atoms with Crippen LogP contribution in [0.1, 0.15) is 46.1 Å². The van der Waals surface area contributed by atoms with Crippen LogP contribution in [0.4, 0.5) is 0 Å². The standard InChI is InChI=1S/C17H23ClN6O2S/c1-5-17(4,23-24-19)14-9-22-16(13-8-21-15(18)7-12(13)14)26-10(2)6-11(3)27(20)25/h7-11,20,27H,5-6H2,1-4H3/t10-,11-,17?/m1/s1. The number of halogens is 1. The Hall–Kier alpha value is -2.09. The molecule has 0 aromatic carbocycles. The predicted octanol–water partition coefficient (Wildman–Crippen LogP) is 5.01. The summed E-state index contributed by atoms with van der Waals surface area (Å²) in [7, 11) is -2.01. The van der Waals surface area contributed by atoms with Crippen LogP contribution in [0.2, 0.25) is 5.15 Å². The number of hydrogen-bond acceptors (Lipinski definition) is 6. The average molecular weight is 411 g/mol. The molecule has 0 saturated carbocycles. The van der Waals surface area contributed by atoms with E-state index >= 15 is 0 Å². The zero-order valence-corrected chi connectivity index (χ0v) is 17.3. The molecule has 2 aromatic rings. The number of ether oxygens (including phenoxy) is 1. The first kappa shape index (κ1) is 21.2. The van der Waals surface area contributed by atoms with Crippen molar-refractivity contribution < 1.29 is 8.95 Å². The topological polar surface area (TPSA) is 125 Å². The van der Waals surface area contributed by atoms with Gasteiger partial charge in [0, 0.05) is 33.2 Å². The van der Waals surface area contributed by atoms with E-state index in [1.165, 1.54) is 0 Å². The number of fused-ring (bicyclic) bond motifs is 1. The second kappa shape index (κ2) is 8.73. The van der Waals surface area contributed by atoms with Gasteiger partial charge in [-0.2, -0.15) is 0 Å². The Kier molecular flexibility index (Phi) is 6.86. The van der Waals surface area contributed by atoms with Crippen molar-refractivity contribution in [3.63, 3.8) is 0 Å². The third-order valence-electron chi connectivity index (χ3n) is 4.62. The maximum atomic E-state index is 11.3. The molecule has 2 aromatic heterocycles. The Morgan fingerprint density at radius 3 is 2.70 bits per heavy atom. The lowest BCUT2D eigenvalue weighted by Crippen LogP contribution is -2.21. The van der Waals surface area contributed by atoms with Crippen LogP contribution in [0.5, 0.6) is 5.88 Å². The molecule has 2 rings (SSSR count). The van der Waals surface area contributed by atoms with Gasteiger partial charge in [-0.15, -0.1) is 0 Å². The third kappa shape index (κ3) is 4.80. The quantitative estimate of drug-likeness (QED) is 0.208. The lowest BCUT2D eigenvalue weighted by molar-refractivity contribution is 0.205. The van der Waals surface area contributed by atoms with Crippen molar-refractivity contribution >= 4 is 33.0 Å². The van der Waals surface area contributed by atoms with E-state index in [0.29, 0.717) is 29.3 Å². The maximum absolute atomic E-state index is 11.3. The molecule has 27 heavy (non-hydrogen) atoms. The number of nitrogens with zero attached hydrogens (tertiary/aromatic N) is 5. The van der Waals surface area contributed by atoms with E-state index in [0.717, 1.165) is 10.9 Å². The maximum Gasteiger partial charge on any atom is 0.223 e. The Morgan fingerprint density at radius 1 is 1.41 bits per heavy atom. The molecule has 0 bridgehead atoms. The van der Waals surface area contributed by atoms with Crippen molar-refractivity contribution in [3.8, 4) is 5.88 Å². The number of azide groups is 1. The minimum atomic E-state index is -2.01. The lowest BCUT2D eigenvalue weighted by Gasteiger charge is -2.25. The van der Waals surface area contributed by atoms with E-state index in [9.17, 15) is 4.21 Å². The Balaban J connectivity index is 2.53. The first-order chi connectivity index (χ1) is 12.7. The molecule has 0 fully saturated rings. The lowest BCUT2D eigenvalue weighted by atomic mass is 9.88. The highest BCUT2D eigenvalue weighted by Crippen LogP contribution is 2.37. The fraction of sp³-hybridized carbons (Fsp3) is 0.529. The smallest absolute Gasteiger partial charge is 0.223 e. The van der Waals surface area contributed by atoms with Crippen molar-refractivity contribution in [3.05, 3.63) is 39.6 Å². The van der Waals surface area contributed by atoms with Gasteiger partial charge in [-0.3, -0.25) is 8.99 Å². The van der Waals surface area contributed by atoms with Crippen LogP contribution >= 0.6 is 11.6 Å². The Labute approximate surface area is 164 Å². The van der Waals surface area contributed by atoms with E-state index in [-0.39, 0.29) is 11.4 Å². The van der Waals surface area contributed by atoms with Gasteiger partial charge in [-0.25, -0.2) is 9.97 Å². The van der Waals surface area contributed by atoms with Crippen LogP contribution in [0.15, 0.2) is 23.6 Å². The van der Waals surface area contributed by atoms with Gasteiger partial charge in [0.1, 0.15) is 5.15 Å². The molecule has 0 amide bonds. The van der Waals surface area contributed by atoms with Crippen molar-refractivity contribution in [2.24, 2.45) is 5.11 Å². The minimum absolute atomic E-state index is 0.276. The zero-order chi connectivity index (χ0) is 20.2. The van der Waals surface area contributed by atoms with E-state index in [4.69, 9.17) is 26.6 Å². The molecule has 10 heteroatoms. The van der Waals surface area contributed by atoms with E-state index in [1.807, 2.05) is 20.8 Å². The SMILES string of the molecule is CCC(C)(N=[N+]=[N-])c1cnc(O[C@H](C)C[C@@H](C)[SH](=N)=O)c2cnc(Cl)cc12. The normalized spacial score (nSPS) is 16.8. The van der Waals surface area contributed by atoms with Gasteiger partial charge in [0.05, 0.1) is 17.0 Å². The molecule has 146 valence electrons.